The van der Waals surface area contributed by atoms with E-state index in [0.29, 0.717) is 17.2 Å². The summed E-state index contributed by atoms with van der Waals surface area (Å²) in [5.41, 5.74) is 0.762. The molecule has 1 amide bonds. The van der Waals surface area contributed by atoms with E-state index in [1.54, 1.807) is 30.5 Å². The van der Waals surface area contributed by atoms with Crippen molar-refractivity contribution in [1.82, 2.24) is 15.1 Å². The van der Waals surface area contributed by atoms with Crippen molar-refractivity contribution in [2.75, 3.05) is 7.11 Å². The Kier molecular flexibility index (Phi) is 4.09. The molecular formula is C16H14FN3O3. The smallest absolute Gasteiger partial charge is 0.276 e. The van der Waals surface area contributed by atoms with E-state index in [1.807, 2.05) is 0 Å². The predicted octanol–water partition coefficient (Wildman–Crippen LogP) is 2.54. The van der Waals surface area contributed by atoms with E-state index in [4.69, 9.17) is 9.15 Å². The molecule has 3 aromatic rings. The van der Waals surface area contributed by atoms with Crippen LogP contribution in [0.25, 0.3) is 5.69 Å². The minimum atomic E-state index is -0.390. The van der Waals surface area contributed by atoms with Crippen molar-refractivity contribution in [3.63, 3.8) is 0 Å². The first kappa shape index (κ1) is 14.8. The van der Waals surface area contributed by atoms with E-state index in [-0.39, 0.29) is 24.0 Å². The number of carbonyl (C=O) groups is 1. The number of nitrogens with zero attached hydrogens (tertiary/aromatic N) is 2. The predicted molar refractivity (Wildman–Crippen MR) is 80.0 cm³/mol. The number of halogens is 1. The number of ether oxygens (including phenoxy) is 1. The molecule has 2 aromatic heterocycles. The van der Waals surface area contributed by atoms with Crippen molar-refractivity contribution in [2.45, 2.75) is 6.54 Å². The van der Waals surface area contributed by atoms with Crippen LogP contribution in [0, 0.1) is 5.82 Å². The lowest BCUT2D eigenvalue weighted by Crippen LogP contribution is -2.23. The molecule has 7 heteroatoms. The second-order valence-electron chi connectivity index (χ2n) is 4.73. The van der Waals surface area contributed by atoms with Crippen LogP contribution >= 0.6 is 0 Å². The fourth-order valence-corrected chi connectivity index (χ4v) is 2.06. The summed E-state index contributed by atoms with van der Waals surface area (Å²) in [5, 5.41) is 6.91. The van der Waals surface area contributed by atoms with E-state index in [1.165, 1.54) is 30.2 Å². The Bertz CT molecular complexity index is 795. The van der Waals surface area contributed by atoms with E-state index in [2.05, 4.69) is 10.4 Å². The van der Waals surface area contributed by atoms with Gasteiger partial charge in [0.1, 0.15) is 11.6 Å². The van der Waals surface area contributed by atoms with Gasteiger partial charge < -0.3 is 14.5 Å². The third kappa shape index (κ3) is 3.23. The van der Waals surface area contributed by atoms with Gasteiger partial charge in [-0.25, -0.2) is 9.07 Å². The van der Waals surface area contributed by atoms with Crippen LogP contribution in [0.1, 0.15) is 16.2 Å². The molecule has 118 valence electrons. The van der Waals surface area contributed by atoms with Crippen molar-refractivity contribution in [2.24, 2.45) is 0 Å². The van der Waals surface area contributed by atoms with Crippen molar-refractivity contribution < 1.29 is 18.3 Å². The Morgan fingerprint density at radius 3 is 2.78 bits per heavy atom. The van der Waals surface area contributed by atoms with E-state index < -0.39 is 0 Å². The van der Waals surface area contributed by atoms with Gasteiger partial charge in [-0.3, -0.25) is 4.79 Å². The Labute approximate surface area is 131 Å². The lowest BCUT2D eigenvalue weighted by Gasteiger charge is -2.02. The highest BCUT2D eigenvalue weighted by atomic mass is 19.1. The summed E-state index contributed by atoms with van der Waals surface area (Å²) in [4.78, 5) is 12.2. The summed E-state index contributed by atoms with van der Waals surface area (Å²) < 4.78 is 24.8. The van der Waals surface area contributed by atoms with Gasteiger partial charge in [0.15, 0.2) is 11.4 Å². The van der Waals surface area contributed by atoms with Crippen molar-refractivity contribution in [1.29, 1.82) is 0 Å². The number of hydrogen-bond donors (Lipinski definition) is 1. The molecule has 2 heterocycles. The summed E-state index contributed by atoms with van der Waals surface area (Å²) in [6, 6.07) is 9.26. The number of carbonyl (C=O) groups excluding carboxylic acids is 1. The fraction of sp³-hybridized carbons (Fsp3) is 0.125. The van der Waals surface area contributed by atoms with Crippen molar-refractivity contribution in [3.8, 4) is 11.4 Å². The first-order valence-electron chi connectivity index (χ1n) is 6.87. The highest BCUT2D eigenvalue weighted by Gasteiger charge is 2.18. The minimum Gasteiger partial charge on any atom is -0.493 e. The average Bonchev–Trinajstić information content (AvgIpc) is 3.22. The molecule has 3 rings (SSSR count). The molecule has 0 aliphatic carbocycles. The fourth-order valence-electron chi connectivity index (χ4n) is 2.06. The zero-order chi connectivity index (χ0) is 16.2. The van der Waals surface area contributed by atoms with Crippen LogP contribution in [-0.2, 0) is 6.54 Å². The van der Waals surface area contributed by atoms with E-state index >= 15 is 0 Å². The molecule has 0 unspecified atom stereocenters. The quantitative estimate of drug-likeness (QED) is 0.785. The summed E-state index contributed by atoms with van der Waals surface area (Å²) >= 11 is 0. The number of amides is 1. The molecule has 0 fully saturated rings. The third-order valence-corrected chi connectivity index (χ3v) is 3.21. The number of furan rings is 1. The van der Waals surface area contributed by atoms with Crippen LogP contribution in [0.4, 0.5) is 4.39 Å². The van der Waals surface area contributed by atoms with Gasteiger partial charge in [-0.1, -0.05) is 0 Å². The number of nitrogens with one attached hydrogen (secondary N) is 1. The molecule has 0 aliphatic heterocycles. The molecule has 0 bridgehead atoms. The standard InChI is InChI=1S/C16H14FN3O3/c1-22-14-10-20(12-6-4-11(17)5-7-12)19-15(14)16(21)18-9-13-3-2-8-23-13/h2-8,10H,9H2,1H3,(H,18,21). The summed E-state index contributed by atoms with van der Waals surface area (Å²) in [6.07, 6.45) is 3.10. The van der Waals surface area contributed by atoms with Crippen LogP contribution in [0.2, 0.25) is 0 Å². The molecule has 1 aromatic carbocycles. The van der Waals surface area contributed by atoms with Gasteiger partial charge in [0.05, 0.1) is 31.8 Å². The Hall–Kier alpha value is -3.09. The number of benzene rings is 1. The maximum absolute atomic E-state index is 13.0. The SMILES string of the molecule is COc1cn(-c2ccc(F)cc2)nc1C(=O)NCc1ccco1. The third-order valence-electron chi connectivity index (χ3n) is 3.21. The number of hydrogen-bond acceptors (Lipinski definition) is 4. The van der Waals surface area contributed by atoms with Crippen LogP contribution in [0.15, 0.2) is 53.3 Å². The average molecular weight is 315 g/mol. The maximum atomic E-state index is 13.0. The summed E-state index contributed by atoms with van der Waals surface area (Å²) in [5.74, 6) is 0.227. The number of aromatic nitrogens is 2. The minimum absolute atomic E-state index is 0.142. The van der Waals surface area contributed by atoms with Gasteiger partial charge >= 0.3 is 0 Å². The van der Waals surface area contributed by atoms with Crippen molar-refractivity contribution >= 4 is 5.91 Å². The van der Waals surface area contributed by atoms with E-state index in [0.717, 1.165) is 0 Å². The molecule has 6 nitrogen and oxygen atoms in total. The van der Waals surface area contributed by atoms with Gasteiger partial charge in [-0.15, -0.1) is 0 Å². The molecule has 23 heavy (non-hydrogen) atoms. The zero-order valence-electron chi connectivity index (χ0n) is 12.3. The largest absolute Gasteiger partial charge is 0.493 e. The second-order valence-corrected chi connectivity index (χ2v) is 4.73. The lowest BCUT2D eigenvalue weighted by molar-refractivity contribution is 0.0939. The van der Waals surface area contributed by atoms with Gasteiger partial charge in [-0.2, -0.15) is 5.10 Å². The first-order valence-corrected chi connectivity index (χ1v) is 6.87. The molecule has 0 aliphatic rings. The van der Waals surface area contributed by atoms with Gasteiger partial charge in [-0.05, 0) is 36.4 Å². The Morgan fingerprint density at radius 1 is 1.35 bits per heavy atom. The molecular weight excluding hydrogens is 301 g/mol. The highest BCUT2D eigenvalue weighted by molar-refractivity contribution is 5.94. The van der Waals surface area contributed by atoms with Gasteiger partial charge in [0, 0.05) is 0 Å². The van der Waals surface area contributed by atoms with Gasteiger partial charge in [0.2, 0.25) is 0 Å². The molecule has 0 saturated heterocycles. The molecule has 1 N–H and O–H groups in total. The van der Waals surface area contributed by atoms with Gasteiger partial charge in [0.25, 0.3) is 5.91 Å². The van der Waals surface area contributed by atoms with Crippen LogP contribution in [0.3, 0.4) is 0 Å². The highest BCUT2D eigenvalue weighted by Crippen LogP contribution is 2.19. The van der Waals surface area contributed by atoms with Crippen molar-refractivity contribution in [3.05, 3.63) is 66.1 Å². The molecule has 0 spiro atoms. The van der Waals surface area contributed by atoms with Crippen LogP contribution in [0.5, 0.6) is 5.75 Å². The summed E-state index contributed by atoms with van der Waals surface area (Å²) in [6.45, 7) is 0.248. The first-order chi connectivity index (χ1) is 11.2. The topological polar surface area (TPSA) is 69.3 Å². The Morgan fingerprint density at radius 2 is 2.13 bits per heavy atom. The molecule has 0 radical (unpaired) electrons. The molecule has 0 atom stereocenters. The maximum Gasteiger partial charge on any atom is 0.276 e. The van der Waals surface area contributed by atoms with Crippen LogP contribution < -0.4 is 10.1 Å². The van der Waals surface area contributed by atoms with Crippen LogP contribution in [-0.4, -0.2) is 22.8 Å². The Balaban J connectivity index is 1.81. The molecule has 0 saturated carbocycles. The van der Waals surface area contributed by atoms with E-state index in [9.17, 15) is 9.18 Å². The summed E-state index contributed by atoms with van der Waals surface area (Å²) in [7, 11) is 1.45. The zero-order valence-corrected chi connectivity index (χ0v) is 12.3. The monoisotopic (exact) mass is 315 g/mol. The lowest BCUT2D eigenvalue weighted by atomic mass is 10.3. The number of rotatable bonds is 5. The second kappa shape index (κ2) is 6.35. The number of methoxy groups -OCH3 is 1. The normalized spacial score (nSPS) is 10.5.